The van der Waals surface area contributed by atoms with Crippen molar-refractivity contribution in [3.05, 3.63) is 88.4 Å². The van der Waals surface area contributed by atoms with Crippen molar-refractivity contribution in [3.63, 3.8) is 0 Å². The van der Waals surface area contributed by atoms with Crippen molar-refractivity contribution in [3.8, 4) is 5.75 Å². The molecule has 0 aliphatic carbocycles. The summed E-state index contributed by atoms with van der Waals surface area (Å²) >= 11 is 6.21. The molecule has 0 aromatic heterocycles. The molecule has 1 aliphatic heterocycles. The molecule has 0 saturated carbocycles. The van der Waals surface area contributed by atoms with Gasteiger partial charge >= 0.3 is 0 Å². The Labute approximate surface area is 211 Å². The summed E-state index contributed by atoms with van der Waals surface area (Å²) in [6.45, 7) is 7.32. The van der Waals surface area contributed by atoms with E-state index in [1.54, 1.807) is 43.3 Å². The van der Waals surface area contributed by atoms with Crippen molar-refractivity contribution in [1.29, 1.82) is 0 Å². The highest BCUT2D eigenvalue weighted by molar-refractivity contribution is 7.92. The van der Waals surface area contributed by atoms with Gasteiger partial charge in [-0.2, -0.15) is 0 Å². The maximum Gasteiger partial charge on any atom is 0.264 e. The monoisotopic (exact) mass is 512 g/mol. The number of nitrogens with zero attached hydrogens (tertiary/aromatic N) is 1. The van der Waals surface area contributed by atoms with E-state index in [-0.39, 0.29) is 10.9 Å². The number of fused-ring (bicyclic) bond motifs is 1. The van der Waals surface area contributed by atoms with Gasteiger partial charge < -0.3 is 10.1 Å². The zero-order valence-electron chi connectivity index (χ0n) is 20.2. The fourth-order valence-electron chi connectivity index (χ4n) is 4.33. The topological polar surface area (TPSA) is 75.7 Å². The van der Waals surface area contributed by atoms with Gasteiger partial charge in [-0.3, -0.25) is 9.10 Å². The molecule has 4 rings (SSSR count). The standard InChI is InChI=1S/C27H29ClN2O4S/c1-18-10-13-22-23(16-27(3,4)34-25(22)14-18)29-26(31)17-30(24-15-20(28)12-11-19(24)2)35(32,33)21-8-6-5-7-9-21/h5-15,23H,16-17H2,1-4H3,(H,29,31). The van der Waals surface area contributed by atoms with Gasteiger partial charge in [-0.05, 0) is 69.2 Å². The van der Waals surface area contributed by atoms with Crippen molar-refractivity contribution in [2.24, 2.45) is 0 Å². The first-order valence-electron chi connectivity index (χ1n) is 11.4. The Balaban J connectivity index is 1.68. The van der Waals surface area contributed by atoms with Crippen LogP contribution in [0.1, 0.15) is 43.0 Å². The molecule has 0 saturated heterocycles. The molecule has 1 atom stereocenters. The first-order chi connectivity index (χ1) is 16.5. The predicted octanol–water partition coefficient (Wildman–Crippen LogP) is 5.57. The Morgan fingerprint density at radius 2 is 1.80 bits per heavy atom. The summed E-state index contributed by atoms with van der Waals surface area (Å²) in [4.78, 5) is 13.5. The number of hydrogen-bond donors (Lipinski definition) is 1. The van der Waals surface area contributed by atoms with Gasteiger partial charge in [0.25, 0.3) is 10.0 Å². The normalized spacial score (nSPS) is 16.7. The number of carbonyl (C=O) groups is 1. The minimum absolute atomic E-state index is 0.0974. The molecule has 6 nitrogen and oxygen atoms in total. The lowest BCUT2D eigenvalue weighted by Gasteiger charge is -2.38. The van der Waals surface area contributed by atoms with Gasteiger partial charge in [0.05, 0.1) is 16.6 Å². The van der Waals surface area contributed by atoms with Crippen LogP contribution in [0.5, 0.6) is 5.75 Å². The molecule has 1 heterocycles. The van der Waals surface area contributed by atoms with Crippen LogP contribution in [-0.4, -0.2) is 26.5 Å². The van der Waals surface area contributed by atoms with Crippen LogP contribution in [0.3, 0.4) is 0 Å². The van der Waals surface area contributed by atoms with Crippen LogP contribution in [0.4, 0.5) is 5.69 Å². The largest absolute Gasteiger partial charge is 0.487 e. The SMILES string of the molecule is Cc1ccc2c(c1)OC(C)(C)CC2NC(=O)CN(c1cc(Cl)ccc1C)S(=O)(=O)c1ccccc1. The van der Waals surface area contributed by atoms with Crippen molar-refractivity contribution < 1.29 is 17.9 Å². The highest BCUT2D eigenvalue weighted by atomic mass is 35.5. The molecule has 0 spiro atoms. The molecule has 35 heavy (non-hydrogen) atoms. The number of aryl methyl sites for hydroxylation is 2. The number of nitrogens with one attached hydrogen (secondary N) is 1. The highest BCUT2D eigenvalue weighted by Crippen LogP contribution is 2.40. The van der Waals surface area contributed by atoms with Crippen molar-refractivity contribution in [2.45, 2.75) is 50.7 Å². The highest BCUT2D eigenvalue weighted by Gasteiger charge is 2.36. The summed E-state index contributed by atoms with van der Waals surface area (Å²) in [6.07, 6.45) is 0.552. The van der Waals surface area contributed by atoms with Crippen LogP contribution in [0.15, 0.2) is 71.6 Å². The molecule has 0 bridgehead atoms. The maximum absolute atomic E-state index is 13.6. The maximum atomic E-state index is 13.6. The van der Waals surface area contributed by atoms with Gasteiger partial charge in [0.1, 0.15) is 17.9 Å². The van der Waals surface area contributed by atoms with Crippen LogP contribution in [-0.2, 0) is 14.8 Å². The molecular formula is C27H29ClN2O4S. The van der Waals surface area contributed by atoms with Crippen LogP contribution in [0, 0.1) is 13.8 Å². The first kappa shape index (κ1) is 25.1. The van der Waals surface area contributed by atoms with E-state index >= 15 is 0 Å². The number of sulfonamides is 1. The van der Waals surface area contributed by atoms with Crippen LogP contribution < -0.4 is 14.4 Å². The van der Waals surface area contributed by atoms with Gasteiger partial charge in [0, 0.05) is 17.0 Å². The lowest BCUT2D eigenvalue weighted by Crippen LogP contribution is -2.45. The van der Waals surface area contributed by atoms with Gasteiger partial charge in [0.2, 0.25) is 5.91 Å². The summed E-state index contributed by atoms with van der Waals surface area (Å²) in [6, 6.07) is 18.6. The molecular weight excluding hydrogens is 484 g/mol. The Hall–Kier alpha value is -3.03. The molecule has 1 aliphatic rings. The van der Waals surface area contributed by atoms with E-state index < -0.39 is 28.1 Å². The third kappa shape index (κ3) is 5.46. The fraction of sp³-hybridized carbons (Fsp3) is 0.296. The number of amides is 1. The molecule has 184 valence electrons. The van der Waals surface area contributed by atoms with E-state index in [0.717, 1.165) is 21.2 Å². The Bertz CT molecular complexity index is 1360. The van der Waals surface area contributed by atoms with Crippen LogP contribution >= 0.6 is 11.6 Å². The lowest BCUT2D eigenvalue weighted by atomic mass is 9.89. The lowest BCUT2D eigenvalue weighted by molar-refractivity contribution is -0.120. The Kier molecular flexibility index (Phi) is 6.84. The smallest absolute Gasteiger partial charge is 0.264 e. The van der Waals surface area contributed by atoms with E-state index in [9.17, 15) is 13.2 Å². The molecule has 0 radical (unpaired) electrons. The Morgan fingerprint density at radius 3 is 2.51 bits per heavy atom. The Morgan fingerprint density at radius 1 is 1.09 bits per heavy atom. The average Bonchev–Trinajstić information content (AvgIpc) is 2.78. The van der Waals surface area contributed by atoms with Gasteiger partial charge in [-0.15, -0.1) is 0 Å². The van der Waals surface area contributed by atoms with E-state index in [1.807, 2.05) is 39.0 Å². The second kappa shape index (κ2) is 9.55. The van der Waals surface area contributed by atoms with Crippen LogP contribution in [0.25, 0.3) is 0 Å². The van der Waals surface area contributed by atoms with Gasteiger partial charge in [-0.25, -0.2) is 8.42 Å². The molecule has 3 aromatic carbocycles. The predicted molar refractivity (Wildman–Crippen MR) is 139 cm³/mol. The van der Waals surface area contributed by atoms with Gasteiger partial charge in [-0.1, -0.05) is 48.0 Å². The molecule has 1 unspecified atom stereocenters. The molecule has 0 fully saturated rings. The minimum Gasteiger partial charge on any atom is -0.487 e. The third-order valence-electron chi connectivity index (χ3n) is 6.02. The second-order valence-corrected chi connectivity index (χ2v) is 11.8. The third-order valence-corrected chi connectivity index (χ3v) is 8.03. The van der Waals surface area contributed by atoms with Crippen LogP contribution in [0.2, 0.25) is 5.02 Å². The van der Waals surface area contributed by atoms with E-state index in [2.05, 4.69) is 5.32 Å². The molecule has 1 amide bonds. The summed E-state index contributed by atoms with van der Waals surface area (Å²) < 4.78 is 34.5. The first-order valence-corrected chi connectivity index (χ1v) is 13.2. The number of hydrogen-bond acceptors (Lipinski definition) is 4. The summed E-state index contributed by atoms with van der Waals surface area (Å²) in [7, 11) is -4.03. The van der Waals surface area contributed by atoms with Crippen molar-refractivity contribution in [1.82, 2.24) is 5.32 Å². The number of rotatable bonds is 6. The fourth-order valence-corrected chi connectivity index (χ4v) is 5.99. The number of carbonyl (C=O) groups excluding carboxylic acids is 1. The molecule has 8 heteroatoms. The van der Waals surface area contributed by atoms with Crippen molar-refractivity contribution in [2.75, 3.05) is 10.8 Å². The summed E-state index contributed by atoms with van der Waals surface area (Å²) in [5, 5.41) is 3.43. The summed E-state index contributed by atoms with van der Waals surface area (Å²) in [5.74, 6) is 0.309. The number of anilines is 1. The number of ether oxygens (including phenoxy) is 1. The molecule has 1 N–H and O–H groups in total. The molecule has 3 aromatic rings. The summed E-state index contributed by atoms with van der Waals surface area (Å²) in [5.41, 5.74) is 2.50. The van der Waals surface area contributed by atoms with Crippen molar-refractivity contribution >= 4 is 33.2 Å². The van der Waals surface area contributed by atoms with Gasteiger partial charge in [0.15, 0.2) is 0 Å². The average molecular weight is 513 g/mol. The van der Waals surface area contributed by atoms with E-state index in [1.165, 1.54) is 12.1 Å². The number of benzene rings is 3. The minimum atomic E-state index is -4.03. The second-order valence-electron chi connectivity index (χ2n) is 9.48. The zero-order valence-corrected chi connectivity index (χ0v) is 21.8. The van der Waals surface area contributed by atoms with E-state index in [0.29, 0.717) is 22.7 Å². The zero-order chi connectivity index (χ0) is 25.4. The number of halogens is 1. The quantitative estimate of drug-likeness (QED) is 0.468. The van der Waals surface area contributed by atoms with E-state index in [4.69, 9.17) is 16.3 Å².